The molecule has 0 amide bonds. The van der Waals surface area contributed by atoms with Crippen molar-refractivity contribution >= 4 is 5.57 Å². The van der Waals surface area contributed by atoms with Crippen LogP contribution in [0.15, 0.2) is 42.6 Å². The van der Waals surface area contributed by atoms with Gasteiger partial charge >= 0.3 is 0 Å². The molecule has 0 fully saturated rings. The van der Waals surface area contributed by atoms with E-state index in [-0.39, 0.29) is 0 Å². The smallest absolute Gasteiger partial charge is 0.116 e. The van der Waals surface area contributed by atoms with Gasteiger partial charge in [-0.3, -0.25) is 0 Å². The molecule has 1 aliphatic rings. The van der Waals surface area contributed by atoms with Gasteiger partial charge < -0.3 is 15.8 Å². The summed E-state index contributed by atoms with van der Waals surface area (Å²) < 4.78 is 5.25. The van der Waals surface area contributed by atoms with Crippen LogP contribution in [0.5, 0.6) is 0 Å². The molecule has 0 radical (unpaired) electrons. The van der Waals surface area contributed by atoms with E-state index in [1.54, 1.807) is 0 Å². The van der Waals surface area contributed by atoms with Crippen LogP contribution in [0.25, 0.3) is 5.57 Å². The summed E-state index contributed by atoms with van der Waals surface area (Å²) in [6, 6.07) is 8.52. The Kier molecular flexibility index (Phi) is 4.36. The number of hydrogen-bond acceptors (Lipinski definition) is 3. The molecule has 1 aliphatic heterocycles. The molecule has 2 rings (SSSR count). The summed E-state index contributed by atoms with van der Waals surface area (Å²) in [5.74, 6) is 0. The van der Waals surface area contributed by atoms with Crippen molar-refractivity contribution in [1.29, 1.82) is 0 Å². The van der Waals surface area contributed by atoms with Crippen LogP contribution in [0.1, 0.15) is 11.1 Å². The molecule has 1 aromatic rings. The molecule has 90 valence electrons. The summed E-state index contributed by atoms with van der Waals surface area (Å²) in [5.41, 5.74) is 9.19. The predicted molar refractivity (Wildman–Crippen MR) is 70.3 cm³/mol. The number of nitrogens with one attached hydrogen (secondary N) is 1. The molecule has 0 spiro atoms. The van der Waals surface area contributed by atoms with Gasteiger partial charge in [-0.1, -0.05) is 36.4 Å². The SMILES string of the molecule is NCCc1ccc(C2=C/NCOC/C=C\2)cc1. The topological polar surface area (TPSA) is 47.3 Å². The van der Waals surface area contributed by atoms with Crippen molar-refractivity contribution in [3.05, 3.63) is 53.7 Å². The number of benzene rings is 1. The van der Waals surface area contributed by atoms with Gasteiger partial charge in [0.1, 0.15) is 6.73 Å². The van der Waals surface area contributed by atoms with Crippen molar-refractivity contribution in [3.63, 3.8) is 0 Å². The fourth-order valence-corrected chi connectivity index (χ4v) is 1.77. The van der Waals surface area contributed by atoms with Gasteiger partial charge in [0.25, 0.3) is 0 Å². The number of hydrogen-bond donors (Lipinski definition) is 2. The summed E-state index contributed by atoms with van der Waals surface area (Å²) in [5, 5.41) is 3.12. The number of rotatable bonds is 3. The summed E-state index contributed by atoms with van der Waals surface area (Å²) in [6.07, 6.45) is 7.01. The first kappa shape index (κ1) is 11.9. The molecule has 0 saturated heterocycles. The van der Waals surface area contributed by atoms with Crippen LogP contribution in [0.3, 0.4) is 0 Å². The van der Waals surface area contributed by atoms with Crippen LogP contribution < -0.4 is 11.1 Å². The highest BCUT2D eigenvalue weighted by Gasteiger charge is 2.00. The first-order valence-electron chi connectivity index (χ1n) is 5.87. The highest BCUT2D eigenvalue weighted by atomic mass is 16.5. The molecular formula is C14H18N2O. The molecule has 0 bridgehead atoms. The molecule has 0 unspecified atom stereocenters. The quantitative estimate of drug-likeness (QED) is 0.830. The minimum absolute atomic E-state index is 0.555. The highest BCUT2D eigenvalue weighted by molar-refractivity contribution is 5.73. The fraction of sp³-hybridized carbons (Fsp3) is 0.286. The molecule has 0 aliphatic carbocycles. The van der Waals surface area contributed by atoms with Crippen molar-refractivity contribution in [3.8, 4) is 0 Å². The van der Waals surface area contributed by atoms with Crippen LogP contribution in [0.2, 0.25) is 0 Å². The monoisotopic (exact) mass is 230 g/mol. The lowest BCUT2D eigenvalue weighted by Crippen LogP contribution is -2.13. The molecule has 3 heteroatoms. The van der Waals surface area contributed by atoms with Crippen LogP contribution in [-0.2, 0) is 11.2 Å². The largest absolute Gasteiger partial charge is 0.368 e. The van der Waals surface area contributed by atoms with Crippen molar-refractivity contribution in [2.45, 2.75) is 6.42 Å². The Morgan fingerprint density at radius 1 is 1.24 bits per heavy atom. The van der Waals surface area contributed by atoms with Gasteiger partial charge in [-0.25, -0.2) is 0 Å². The maximum absolute atomic E-state index is 5.53. The Labute approximate surface area is 102 Å². The van der Waals surface area contributed by atoms with Crippen LogP contribution >= 0.6 is 0 Å². The van der Waals surface area contributed by atoms with E-state index in [4.69, 9.17) is 10.5 Å². The van der Waals surface area contributed by atoms with Gasteiger partial charge in [0.2, 0.25) is 0 Å². The average Bonchev–Trinajstić information content (AvgIpc) is 2.30. The third-order valence-corrected chi connectivity index (χ3v) is 2.67. The molecule has 3 N–H and O–H groups in total. The summed E-state index contributed by atoms with van der Waals surface area (Å²) in [6.45, 7) is 1.90. The van der Waals surface area contributed by atoms with Crippen LogP contribution in [0.4, 0.5) is 0 Å². The average molecular weight is 230 g/mol. The molecule has 0 aromatic heterocycles. The zero-order valence-corrected chi connectivity index (χ0v) is 9.86. The second-order valence-corrected chi connectivity index (χ2v) is 3.96. The van der Waals surface area contributed by atoms with E-state index in [0.717, 1.165) is 6.42 Å². The lowest BCUT2D eigenvalue weighted by Gasteiger charge is -2.09. The van der Waals surface area contributed by atoms with Gasteiger partial charge in [-0.2, -0.15) is 0 Å². The summed E-state index contributed by atoms with van der Waals surface area (Å²) >= 11 is 0. The predicted octanol–water partition coefficient (Wildman–Crippen LogP) is 1.66. The molecule has 3 nitrogen and oxygen atoms in total. The molecule has 1 heterocycles. The first-order chi connectivity index (χ1) is 8.40. The molecular weight excluding hydrogens is 212 g/mol. The van der Waals surface area contributed by atoms with Crippen LogP contribution in [0, 0.1) is 0 Å². The lowest BCUT2D eigenvalue weighted by atomic mass is 10.0. The van der Waals surface area contributed by atoms with Crippen molar-refractivity contribution < 1.29 is 4.74 Å². The Hall–Kier alpha value is -1.58. The Balaban J connectivity index is 2.15. The Morgan fingerprint density at radius 3 is 2.82 bits per heavy atom. The van der Waals surface area contributed by atoms with Gasteiger partial charge in [0.15, 0.2) is 0 Å². The van der Waals surface area contributed by atoms with E-state index >= 15 is 0 Å². The Bertz CT molecular complexity index is 407. The normalized spacial score (nSPS) is 20.6. The standard InChI is InChI=1S/C14H18N2O/c15-8-7-12-3-5-13(6-4-12)14-2-1-9-17-11-16-10-14/h1-6,10,16H,7-9,11,15H2/b2-1-,14-10+. The van der Waals surface area contributed by atoms with E-state index in [0.29, 0.717) is 19.9 Å². The van der Waals surface area contributed by atoms with Gasteiger partial charge in [0.05, 0.1) is 6.61 Å². The molecule has 17 heavy (non-hydrogen) atoms. The van der Waals surface area contributed by atoms with Gasteiger partial charge in [-0.15, -0.1) is 0 Å². The van der Waals surface area contributed by atoms with E-state index in [1.165, 1.54) is 16.7 Å². The van der Waals surface area contributed by atoms with E-state index in [2.05, 4.69) is 35.7 Å². The number of nitrogens with two attached hydrogens (primary N) is 1. The fourth-order valence-electron chi connectivity index (χ4n) is 1.77. The van der Waals surface area contributed by atoms with Crippen LogP contribution in [-0.4, -0.2) is 19.9 Å². The lowest BCUT2D eigenvalue weighted by molar-refractivity contribution is 0.152. The molecule has 1 aromatic carbocycles. The van der Waals surface area contributed by atoms with Crippen molar-refractivity contribution in [2.75, 3.05) is 19.9 Å². The second-order valence-electron chi connectivity index (χ2n) is 3.96. The minimum atomic E-state index is 0.555. The van der Waals surface area contributed by atoms with E-state index in [9.17, 15) is 0 Å². The van der Waals surface area contributed by atoms with Gasteiger partial charge in [-0.05, 0) is 29.7 Å². The third-order valence-electron chi connectivity index (χ3n) is 2.67. The maximum Gasteiger partial charge on any atom is 0.116 e. The minimum Gasteiger partial charge on any atom is -0.368 e. The van der Waals surface area contributed by atoms with Crippen molar-refractivity contribution in [1.82, 2.24) is 5.32 Å². The zero-order valence-electron chi connectivity index (χ0n) is 9.86. The number of allylic oxidation sites excluding steroid dienone is 2. The maximum atomic E-state index is 5.53. The van der Waals surface area contributed by atoms with E-state index < -0.39 is 0 Å². The molecule has 0 saturated carbocycles. The third kappa shape index (κ3) is 3.44. The molecule has 0 atom stereocenters. The van der Waals surface area contributed by atoms with E-state index in [1.807, 2.05) is 12.3 Å². The first-order valence-corrected chi connectivity index (χ1v) is 5.87. The second kappa shape index (κ2) is 6.23. The zero-order chi connectivity index (χ0) is 11.9. The van der Waals surface area contributed by atoms with Crippen molar-refractivity contribution in [2.24, 2.45) is 5.73 Å². The number of ether oxygens (including phenoxy) is 1. The Morgan fingerprint density at radius 2 is 2.06 bits per heavy atom. The highest BCUT2D eigenvalue weighted by Crippen LogP contribution is 2.16. The summed E-state index contributed by atoms with van der Waals surface area (Å²) in [4.78, 5) is 0. The van der Waals surface area contributed by atoms with Gasteiger partial charge in [0, 0.05) is 6.20 Å². The summed E-state index contributed by atoms with van der Waals surface area (Å²) in [7, 11) is 0.